The van der Waals surface area contributed by atoms with Crippen LogP contribution in [0.5, 0.6) is 0 Å². The number of hydrogen-bond donors (Lipinski definition) is 2. The fourth-order valence-electron chi connectivity index (χ4n) is 1.50. The summed E-state index contributed by atoms with van der Waals surface area (Å²) in [5.74, 6) is 0. The van der Waals surface area contributed by atoms with Crippen LogP contribution in [0.25, 0.3) is 0 Å². The molecule has 2 rings (SSSR count). The summed E-state index contributed by atoms with van der Waals surface area (Å²) in [4.78, 5) is 5.19. The first kappa shape index (κ1) is 12.4. The number of nitrogens with two attached hydrogens (primary N) is 1. The second kappa shape index (κ2) is 5.53. The van der Waals surface area contributed by atoms with E-state index >= 15 is 0 Å². The molecular formula is C11H13ClN4S. The Morgan fingerprint density at radius 2 is 2.35 bits per heavy atom. The summed E-state index contributed by atoms with van der Waals surface area (Å²) in [5.41, 5.74) is 6.96. The molecule has 4 nitrogen and oxygen atoms in total. The Balaban J connectivity index is 2.25. The third kappa shape index (κ3) is 3.46. The normalized spacial score (nSPS) is 12.6. The fraction of sp³-hybridized carbons (Fsp3) is 0.273. The van der Waals surface area contributed by atoms with Gasteiger partial charge in [-0.2, -0.15) is 5.10 Å². The molecule has 0 aliphatic carbocycles. The second-order valence-corrected chi connectivity index (χ2v) is 5.29. The number of rotatable bonds is 4. The molecule has 1 atom stereocenters. The van der Waals surface area contributed by atoms with E-state index in [9.17, 15) is 0 Å². The van der Waals surface area contributed by atoms with Crippen LogP contribution in [0.1, 0.15) is 12.5 Å². The van der Waals surface area contributed by atoms with Gasteiger partial charge in [0.25, 0.3) is 0 Å². The van der Waals surface area contributed by atoms with E-state index in [0.29, 0.717) is 0 Å². The van der Waals surface area contributed by atoms with Crippen LogP contribution in [-0.4, -0.2) is 21.2 Å². The monoisotopic (exact) mass is 268 g/mol. The van der Waals surface area contributed by atoms with Gasteiger partial charge in [-0.15, -0.1) is 0 Å². The van der Waals surface area contributed by atoms with E-state index in [4.69, 9.17) is 17.3 Å². The van der Waals surface area contributed by atoms with Gasteiger partial charge in [0.1, 0.15) is 6.33 Å². The number of halogens is 1. The van der Waals surface area contributed by atoms with Crippen LogP contribution in [0, 0.1) is 0 Å². The maximum absolute atomic E-state index is 6.00. The van der Waals surface area contributed by atoms with E-state index in [0.717, 1.165) is 27.1 Å². The van der Waals surface area contributed by atoms with Gasteiger partial charge in [0.15, 0.2) is 5.16 Å². The van der Waals surface area contributed by atoms with Gasteiger partial charge in [-0.3, -0.25) is 5.10 Å². The molecular weight excluding hydrogens is 256 g/mol. The van der Waals surface area contributed by atoms with Crippen molar-refractivity contribution in [1.29, 1.82) is 0 Å². The molecule has 1 heterocycles. The van der Waals surface area contributed by atoms with Gasteiger partial charge in [0.2, 0.25) is 0 Å². The molecule has 3 N–H and O–H groups in total. The maximum Gasteiger partial charge on any atom is 0.188 e. The predicted molar refractivity (Wildman–Crippen MR) is 69.3 cm³/mol. The molecule has 1 aromatic heterocycles. The lowest BCUT2D eigenvalue weighted by Crippen LogP contribution is -2.18. The molecule has 0 bridgehead atoms. The molecule has 1 aromatic carbocycles. The average molecular weight is 269 g/mol. The van der Waals surface area contributed by atoms with Crippen molar-refractivity contribution in [2.75, 3.05) is 0 Å². The van der Waals surface area contributed by atoms with E-state index in [-0.39, 0.29) is 6.04 Å². The molecule has 2 aromatic rings. The Morgan fingerprint density at radius 3 is 3.00 bits per heavy atom. The van der Waals surface area contributed by atoms with Gasteiger partial charge in [-0.05, 0) is 37.1 Å². The standard InChI is InChI=1S/C11H13ClN4S/c1-7(13)4-8-5-9(12)2-3-10(8)17-11-14-6-15-16-11/h2-3,5-7H,4,13H2,1H3,(H,14,15,16). The zero-order valence-electron chi connectivity index (χ0n) is 9.35. The molecule has 0 radical (unpaired) electrons. The van der Waals surface area contributed by atoms with E-state index < -0.39 is 0 Å². The number of nitrogens with one attached hydrogen (secondary N) is 1. The van der Waals surface area contributed by atoms with Gasteiger partial charge in [-0.25, -0.2) is 4.98 Å². The van der Waals surface area contributed by atoms with Gasteiger partial charge >= 0.3 is 0 Å². The van der Waals surface area contributed by atoms with Crippen molar-refractivity contribution in [3.63, 3.8) is 0 Å². The van der Waals surface area contributed by atoms with Crippen molar-refractivity contribution in [2.45, 2.75) is 29.4 Å². The molecule has 0 aliphatic rings. The zero-order valence-corrected chi connectivity index (χ0v) is 10.9. The Hall–Kier alpha value is -1.04. The third-order valence-electron chi connectivity index (χ3n) is 2.16. The molecule has 0 amide bonds. The number of benzene rings is 1. The Labute approximate surface area is 109 Å². The molecule has 0 aliphatic heterocycles. The summed E-state index contributed by atoms with van der Waals surface area (Å²) in [6.45, 7) is 1.98. The lowest BCUT2D eigenvalue weighted by molar-refractivity contribution is 0.729. The first-order valence-electron chi connectivity index (χ1n) is 5.22. The van der Waals surface area contributed by atoms with Crippen LogP contribution in [0.15, 0.2) is 34.6 Å². The quantitative estimate of drug-likeness (QED) is 0.894. The van der Waals surface area contributed by atoms with Crippen molar-refractivity contribution in [3.8, 4) is 0 Å². The number of aromatic nitrogens is 3. The number of nitrogens with zero attached hydrogens (tertiary/aromatic N) is 2. The molecule has 1 unspecified atom stereocenters. The molecule has 0 fully saturated rings. The smallest absolute Gasteiger partial charge is 0.188 e. The molecule has 0 saturated carbocycles. The van der Waals surface area contributed by atoms with Crippen LogP contribution in [0.2, 0.25) is 5.02 Å². The van der Waals surface area contributed by atoms with Crippen molar-refractivity contribution < 1.29 is 0 Å². The van der Waals surface area contributed by atoms with Gasteiger partial charge in [0, 0.05) is 16.0 Å². The second-order valence-electron chi connectivity index (χ2n) is 3.83. The first-order chi connectivity index (χ1) is 8.15. The van der Waals surface area contributed by atoms with E-state index in [1.807, 2.05) is 25.1 Å². The topological polar surface area (TPSA) is 67.6 Å². The van der Waals surface area contributed by atoms with E-state index in [1.165, 1.54) is 18.1 Å². The highest BCUT2D eigenvalue weighted by Gasteiger charge is 2.09. The largest absolute Gasteiger partial charge is 0.328 e. The minimum absolute atomic E-state index is 0.0996. The molecule has 0 saturated heterocycles. The number of aromatic amines is 1. The Bertz CT molecular complexity index is 484. The fourth-order valence-corrected chi connectivity index (χ4v) is 2.51. The SMILES string of the molecule is CC(N)Cc1cc(Cl)ccc1Sc1ncn[nH]1. The van der Waals surface area contributed by atoms with E-state index in [2.05, 4.69) is 15.2 Å². The summed E-state index contributed by atoms with van der Waals surface area (Å²) in [7, 11) is 0. The highest BCUT2D eigenvalue weighted by Crippen LogP contribution is 2.30. The van der Waals surface area contributed by atoms with Crippen LogP contribution in [0.3, 0.4) is 0 Å². The summed E-state index contributed by atoms with van der Waals surface area (Å²) in [6, 6.07) is 5.89. The Kier molecular flexibility index (Phi) is 4.04. The van der Waals surface area contributed by atoms with Gasteiger partial charge < -0.3 is 5.73 Å². The summed E-state index contributed by atoms with van der Waals surface area (Å²) in [6.07, 6.45) is 2.28. The average Bonchev–Trinajstić information content (AvgIpc) is 2.74. The van der Waals surface area contributed by atoms with Crippen molar-refractivity contribution in [3.05, 3.63) is 35.1 Å². The zero-order chi connectivity index (χ0) is 12.3. The molecule has 90 valence electrons. The highest BCUT2D eigenvalue weighted by molar-refractivity contribution is 7.99. The lowest BCUT2D eigenvalue weighted by Gasteiger charge is -2.10. The lowest BCUT2D eigenvalue weighted by atomic mass is 10.1. The molecule has 6 heteroatoms. The van der Waals surface area contributed by atoms with Gasteiger partial charge in [-0.1, -0.05) is 23.4 Å². The van der Waals surface area contributed by atoms with Crippen molar-refractivity contribution in [1.82, 2.24) is 15.2 Å². The predicted octanol–water partition coefficient (Wildman–Crippen LogP) is 2.50. The molecule has 17 heavy (non-hydrogen) atoms. The number of hydrogen-bond acceptors (Lipinski definition) is 4. The van der Waals surface area contributed by atoms with Crippen LogP contribution < -0.4 is 5.73 Å². The van der Waals surface area contributed by atoms with Crippen LogP contribution >= 0.6 is 23.4 Å². The summed E-state index contributed by atoms with van der Waals surface area (Å²) < 4.78 is 0. The summed E-state index contributed by atoms with van der Waals surface area (Å²) >= 11 is 7.52. The Morgan fingerprint density at radius 1 is 1.53 bits per heavy atom. The van der Waals surface area contributed by atoms with Crippen molar-refractivity contribution >= 4 is 23.4 Å². The minimum Gasteiger partial charge on any atom is -0.328 e. The van der Waals surface area contributed by atoms with Crippen LogP contribution in [-0.2, 0) is 6.42 Å². The van der Waals surface area contributed by atoms with Crippen molar-refractivity contribution in [2.24, 2.45) is 5.73 Å². The maximum atomic E-state index is 6.00. The summed E-state index contributed by atoms with van der Waals surface area (Å²) in [5, 5.41) is 8.12. The number of H-pyrrole nitrogens is 1. The first-order valence-corrected chi connectivity index (χ1v) is 6.42. The third-order valence-corrected chi connectivity index (χ3v) is 3.41. The minimum atomic E-state index is 0.0996. The molecule has 0 spiro atoms. The van der Waals surface area contributed by atoms with E-state index in [1.54, 1.807) is 0 Å². The van der Waals surface area contributed by atoms with Gasteiger partial charge in [0.05, 0.1) is 0 Å². The van der Waals surface area contributed by atoms with Crippen LogP contribution in [0.4, 0.5) is 0 Å². The highest BCUT2D eigenvalue weighted by atomic mass is 35.5.